The summed E-state index contributed by atoms with van der Waals surface area (Å²) >= 11 is 1.60. The number of amides is 1. The second-order valence-corrected chi connectivity index (χ2v) is 12.2. The van der Waals surface area contributed by atoms with E-state index in [0.717, 1.165) is 20.8 Å². The number of hydrogen-bond acceptors (Lipinski definition) is 8. The highest BCUT2D eigenvalue weighted by atomic mass is 32.2. The number of rotatable bonds is 7. The predicted octanol–water partition coefficient (Wildman–Crippen LogP) is 4.40. The molecule has 3 aromatic carbocycles. The van der Waals surface area contributed by atoms with Crippen molar-refractivity contribution in [2.75, 3.05) is 38.2 Å². The van der Waals surface area contributed by atoms with Crippen molar-refractivity contribution in [2.45, 2.75) is 18.7 Å². The third-order valence-corrected chi connectivity index (χ3v) is 9.29. The number of sulfonamides is 1. The predicted molar refractivity (Wildman–Crippen MR) is 149 cm³/mol. The van der Waals surface area contributed by atoms with Gasteiger partial charge >= 0.3 is 5.97 Å². The summed E-state index contributed by atoms with van der Waals surface area (Å²) in [6, 6.07) is 17.7. The molecule has 1 N–H and O–H groups in total. The first-order valence-electron chi connectivity index (χ1n) is 12.3. The molecule has 1 aliphatic heterocycles. The average molecular weight is 566 g/mol. The number of morpholine rings is 1. The number of aryl methyl sites for hydroxylation is 2. The number of thiazole rings is 1. The molecule has 0 atom stereocenters. The first kappa shape index (κ1) is 26.9. The maximum atomic E-state index is 13.0. The van der Waals surface area contributed by atoms with Gasteiger partial charge in [0, 0.05) is 24.3 Å². The normalized spacial score (nSPS) is 14.3. The molecule has 0 spiro atoms. The molecule has 0 bridgehead atoms. The van der Waals surface area contributed by atoms with Gasteiger partial charge in [-0.25, -0.2) is 18.2 Å². The number of carbonyl (C=O) groups excluding carboxylic acids is 2. The van der Waals surface area contributed by atoms with Crippen LogP contribution in [0.5, 0.6) is 0 Å². The van der Waals surface area contributed by atoms with Gasteiger partial charge in [-0.1, -0.05) is 12.1 Å². The van der Waals surface area contributed by atoms with Crippen LogP contribution in [0.4, 0.5) is 5.69 Å². The van der Waals surface area contributed by atoms with Crippen molar-refractivity contribution in [3.05, 3.63) is 77.4 Å². The van der Waals surface area contributed by atoms with Gasteiger partial charge in [0.05, 0.1) is 33.9 Å². The fraction of sp³-hybridized carbons (Fsp3) is 0.250. The lowest BCUT2D eigenvalue weighted by Crippen LogP contribution is -2.40. The van der Waals surface area contributed by atoms with Gasteiger partial charge in [-0.15, -0.1) is 11.3 Å². The van der Waals surface area contributed by atoms with Gasteiger partial charge < -0.3 is 14.8 Å². The monoisotopic (exact) mass is 565 g/mol. The fourth-order valence-electron chi connectivity index (χ4n) is 4.17. The molecule has 9 nitrogen and oxygen atoms in total. The SMILES string of the molecule is Cc1ccc2nc(-c3ccc(NC(=O)COC(=O)c4cc(S(=O)(=O)N5CCOCC5)ccc4C)cc3)sc2c1. The van der Waals surface area contributed by atoms with Crippen LogP contribution < -0.4 is 5.32 Å². The first-order valence-corrected chi connectivity index (χ1v) is 14.6. The van der Waals surface area contributed by atoms with Crippen molar-refractivity contribution in [1.82, 2.24) is 9.29 Å². The fourth-order valence-corrected chi connectivity index (χ4v) is 6.68. The molecule has 1 aliphatic rings. The maximum Gasteiger partial charge on any atom is 0.338 e. The van der Waals surface area contributed by atoms with Gasteiger partial charge in [0.25, 0.3) is 5.91 Å². The van der Waals surface area contributed by atoms with Crippen LogP contribution in [0.3, 0.4) is 0 Å². The van der Waals surface area contributed by atoms with Crippen LogP contribution in [-0.2, 0) is 24.3 Å². The molecule has 1 fully saturated rings. The third-order valence-electron chi connectivity index (χ3n) is 6.33. The Hall–Kier alpha value is -3.64. The molecule has 1 aromatic heterocycles. The topological polar surface area (TPSA) is 115 Å². The molecule has 39 heavy (non-hydrogen) atoms. The molecule has 0 unspecified atom stereocenters. The number of nitrogens with one attached hydrogen (secondary N) is 1. The first-order chi connectivity index (χ1) is 18.7. The van der Waals surface area contributed by atoms with Crippen molar-refractivity contribution < 1.29 is 27.5 Å². The number of fused-ring (bicyclic) bond motifs is 1. The van der Waals surface area contributed by atoms with E-state index in [1.54, 1.807) is 36.5 Å². The van der Waals surface area contributed by atoms with Crippen LogP contribution in [0.1, 0.15) is 21.5 Å². The Morgan fingerprint density at radius 3 is 2.51 bits per heavy atom. The van der Waals surface area contributed by atoms with Crippen LogP contribution >= 0.6 is 11.3 Å². The number of carbonyl (C=O) groups is 2. The van der Waals surface area contributed by atoms with Gasteiger partial charge in [-0.2, -0.15) is 4.31 Å². The summed E-state index contributed by atoms with van der Waals surface area (Å²) in [4.78, 5) is 29.9. The molecule has 0 saturated carbocycles. The quantitative estimate of drug-likeness (QED) is 0.331. The largest absolute Gasteiger partial charge is 0.452 e. The van der Waals surface area contributed by atoms with Gasteiger partial charge in [0.1, 0.15) is 5.01 Å². The number of nitrogens with zero attached hydrogens (tertiary/aromatic N) is 2. The van der Waals surface area contributed by atoms with Gasteiger partial charge in [0.2, 0.25) is 10.0 Å². The average Bonchev–Trinajstić information content (AvgIpc) is 3.36. The minimum atomic E-state index is -3.78. The molecular formula is C28H27N3O6S2. The minimum Gasteiger partial charge on any atom is -0.452 e. The summed E-state index contributed by atoms with van der Waals surface area (Å²) in [7, 11) is -3.78. The number of ether oxygens (including phenoxy) is 2. The molecular weight excluding hydrogens is 538 g/mol. The Bertz CT molecular complexity index is 1640. The van der Waals surface area contributed by atoms with Crippen molar-refractivity contribution in [3.63, 3.8) is 0 Å². The van der Waals surface area contributed by atoms with E-state index in [-0.39, 0.29) is 23.5 Å². The molecule has 202 valence electrons. The Morgan fingerprint density at radius 2 is 1.77 bits per heavy atom. The molecule has 1 saturated heterocycles. The highest BCUT2D eigenvalue weighted by Gasteiger charge is 2.27. The summed E-state index contributed by atoms with van der Waals surface area (Å²) in [6.07, 6.45) is 0. The van der Waals surface area contributed by atoms with E-state index >= 15 is 0 Å². The Morgan fingerprint density at radius 1 is 1.03 bits per heavy atom. The molecule has 1 amide bonds. The molecule has 11 heteroatoms. The highest BCUT2D eigenvalue weighted by molar-refractivity contribution is 7.89. The van der Waals surface area contributed by atoms with Crippen molar-refractivity contribution >= 4 is 49.1 Å². The van der Waals surface area contributed by atoms with Crippen molar-refractivity contribution in [1.29, 1.82) is 0 Å². The van der Waals surface area contributed by atoms with E-state index in [4.69, 9.17) is 9.47 Å². The number of esters is 1. The molecule has 0 radical (unpaired) electrons. The Balaban J connectivity index is 1.20. The van der Waals surface area contributed by atoms with E-state index < -0.39 is 28.5 Å². The van der Waals surface area contributed by atoms with Gasteiger partial charge in [-0.05, 0) is 73.5 Å². The van der Waals surface area contributed by atoms with Crippen molar-refractivity contribution in [3.8, 4) is 10.6 Å². The summed E-state index contributed by atoms with van der Waals surface area (Å²) in [5, 5.41) is 3.59. The smallest absolute Gasteiger partial charge is 0.338 e. The third kappa shape index (κ3) is 6.01. The summed E-state index contributed by atoms with van der Waals surface area (Å²) < 4.78 is 38.8. The number of anilines is 1. The van der Waals surface area contributed by atoms with E-state index in [1.807, 2.05) is 31.2 Å². The van der Waals surface area contributed by atoms with Crippen LogP contribution in [0.2, 0.25) is 0 Å². The van der Waals surface area contributed by atoms with E-state index in [1.165, 1.54) is 22.0 Å². The summed E-state index contributed by atoms with van der Waals surface area (Å²) in [5.41, 5.74) is 4.23. The lowest BCUT2D eigenvalue weighted by Gasteiger charge is -2.26. The highest BCUT2D eigenvalue weighted by Crippen LogP contribution is 2.31. The number of benzene rings is 3. The van der Waals surface area contributed by atoms with E-state index in [9.17, 15) is 18.0 Å². The lowest BCUT2D eigenvalue weighted by atomic mass is 10.1. The molecule has 2 heterocycles. The minimum absolute atomic E-state index is 0.00486. The number of aromatic nitrogens is 1. The number of hydrogen-bond donors (Lipinski definition) is 1. The van der Waals surface area contributed by atoms with Crippen LogP contribution in [0.25, 0.3) is 20.8 Å². The second-order valence-electron chi connectivity index (χ2n) is 9.19. The summed E-state index contributed by atoms with van der Waals surface area (Å²) in [5.74, 6) is -1.29. The van der Waals surface area contributed by atoms with Crippen LogP contribution in [0.15, 0.2) is 65.6 Å². The zero-order valence-electron chi connectivity index (χ0n) is 21.5. The zero-order chi connectivity index (χ0) is 27.6. The van der Waals surface area contributed by atoms with E-state index in [0.29, 0.717) is 24.5 Å². The van der Waals surface area contributed by atoms with Gasteiger partial charge in [-0.3, -0.25) is 4.79 Å². The van der Waals surface area contributed by atoms with Crippen LogP contribution in [-0.4, -0.2) is 62.5 Å². The van der Waals surface area contributed by atoms with Crippen LogP contribution in [0, 0.1) is 13.8 Å². The lowest BCUT2D eigenvalue weighted by molar-refractivity contribution is -0.119. The summed E-state index contributed by atoms with van der Waals surface area (Å²) in [6.45, 7) is 4.34. The Kier molecular flexibility index (Phi) is 7.76. The second kappa shape index (κ2) is 11.2. The molecule has 5 rings (SSSR count). The zero-order valence-corrected chi connectivity index (χ0v) is 23.1. The molecule has 4 aromatic rings. The Labute approximate surface area is 230 Å². The van der Waals surface area contributed by atoms with Crippen molar-refractivity contribution in [2.24, 2.45) is 0 Å². The maximum absolute atomic E-state index is 13.0. The van der Waals surface area contributed by atoms with E-state index in [2.05, 4.69) is 16.4 Å². The van der Waals surface area contributed by atoms with Gasteiger partial charge in [0.15, 0.2) is 6.61 Å². The molecule has 0 aliphatic carbocycles. The standard InChI is InChI=1S/C28H27N3O6S2/c1-18-3-10-24-25(15-18)38-27(30-24)20-5-7-21(8-6-20)29-26(32)17-37-28(33)23-16-22(9-4-19(23)2)39(34,35)31-11-13-36-14-12-31/h3-10,15-16H,11-14,17H2,1-2H3,(H,29,32).